The molecule has 1 atom stereocenters. The predicted octanol–water partition coefficient (Wildman–Crippen LogP) is 2.33. The fraction of sp³-hybridized carbons (Fsp3) is 0.500. The van der Waals surface area contributed by atoms with Crippen molar-refractivity contribution in [3.63, 3.8) is 0 Å². The molecule has 0 aliphatic carbocycles. The van der Waals surface area contributed by atoms with E-state index in [1.807, 2.05) is 12.1 Å². The summed E-state index contributed by atoms with van der Waals surface area (Å²) in [6, 6.07) is 8.43. The second kappa shape index (κ2) is 5.82. The first-order valence-electron chi connectivity index (χ1n) is 6.40. The van der Waals surface area contributed by atoms with Crippen LogP contribution in [0.1, 0.15) is 31.7 Å². The minimum absolute atomic E-state index is 0.105. The summed E-state index contributed by atoms with van der Waals surface area (Å²) in [7, 11) is 0. The average Bonchev–Trinajstić information content (AvgIpc) is 2.82. The van der Waals surface area contributed by atoms with Crippen LogP contribution in [0.5, 0.6) is 0 Å². The molecule has 1 fully saturated rings. The van der Waals surface area contributed by atoms with E-state index in [-0.39, 0.29) is 5.91 Å². The van der Waals surface area contributed by atoms with Crippen LogP contribution in [0, 0.1) is 0 Å². The Bertz CT molecular complexity index is 366. The molecule has 1 aromatic carbocycles. The Morgan fingerprint density at radius 2 is 2.18 bits per heavy atom. The Balaban J connectivity index is 1.84. The molecule has 1 heterocycles. The highest BCUT2D eigenvalue weighted by Crippen LogP contribution is 2.13. The smallest absolute Gasteiger partial charge is 0.225 e. The number of carbonyl (C=O) groups excluding carboxylic acids is 1. The lowest BCUT2D eigenvalue weighted by Gasteiger charge is -2.10. The van der Waals surface area contributed by atoms with Crippen LogP contribution in [0.15, 0.2) is 24.3 Å². The summed E-state index contributed by atoms with van der Waals surface area (Å²) >= 11 is 0. The molecule has 0 radical (unpaired) electrons. The van der Waals surface area contributed by atoms with Gasteiger partial charge < -0.3 is 10.6 Å². The molecular formula is C14H20N2O. The maximum absolute atomic E-state index is 11.8. The molecule has 2 rings (SSSR count). The molecule has 17 heavy (non-hydrogen) atoms. The van der Waals surface area contributed by atoms with Gasteiger partial charge in [0.2, 0.25) is 5.91 Å². The van der Waals surface area contributed by atoms with Gasteiger partial charge in [0.1, 0.15) is 0 Å². The van der Waals surface area contributed by atoms with Gasteiger partial charge in [0.05, 0.1) is 0 Å². The number of hydrogen-bond acceptors (Lipinski definition) is 2. The molecule has 1 amide bonds. The van der Waals surface area contributed by atoms with Crippen molar-refractivity contribution >= 4 is 11.6 Å². The molecule has 0 spiro atoms. The number of benzene rings is 1. The molecule has 0 aromatic heterocycles. The third-order valence-electron chi connectivity index (χ3n) is 3.24. The lowest BCUT2D eigenvalue weighted by molar-refractivity contribution is -0.116. The van der Waals surface area contributed by atoms with Crippen molar-refractivity contribution in [1.29, 1.82) is 0 Å². The summed E-state index contributed by atoms with van der Waals surface area (Å²) in [5, 5.41) is 6.27. The number of anilines is 1. The van der Waals surface area contributed by atoms with Crippen LogP contribution in [-0.4, -0.2) is 18.5 Å². The zero-order valence-electron chi connectivity index (χ0n) is 10.3. The van der Waals surface area contributed by atoms with Crippen LogP contribution in [0.3, 0.4) is 0 Å². The first-order chi connectivity index (χ1) is 8.28. The quantitative estimate of drug-likeness (QED) is 0.836. The van der Waals surface area contributed by atoms with Crippen LogP contribution in [0.25, 0.3) is 0 Å². The van der Waals surface area contributed by atoms with Crippen molar-refractivity contribution in [2.24, 2.45) is 0 Å². The van der Waals surface area contributed by atoms with E-state index < -0.39 is 0 Å². The Morgan fingerprint density at radius 1 is 1.41 bits per heavy atom. The predicted molar refractivity (Wildman–Crippen MR) is 70.1 cm³/mol. The normalized spacial score (nSPS) is 19.2. The maximum Gasteiger partial charge on any atom is 0.225 e. The van der Waals surface area contributed by atoms with Gasteiger partial charge in [-0.25, -0.2) is 0 Å². The van der Waals surface area contributed by atoms with Gasteiger partial charge in [-0.1, -0.05) is 19.1 Å². The number of amides is 1. The highest BCUT2D eigenvalue weighted by molar-refractivity contribution is 5.91. The van der Waals surface area contributed by atoms with Gasteiger partial charge in [-0.3, -0.25) is 4.79 Å². The van der Waals surface area contributed by atoms with Gasteiger partial charge in [-0.05, 0) is 43.5 Å². The number of hydrogen-bond donors (Lipinski definition) is 2. The molecule has 1 aromatic rings. The largest absolute Gasteiger partial charge is 0.326 e. The lowest BCUT2D eigenvalue weighted by atomic mass is 10.1. The van der Waals surface area contributed by atoms with Crippen molar-refractivity contribution in [1.82, 2.24) is 5.32 Å². The summed E-state index contributed by atoms with van der Waals surface area (Å²) in [6.07, 6.45) is 3.90. The molecule has 3 nitrogen and oxygen atoms in total. The average molecular weight is 232 g/mol. The van der Waals surface area contributed by atoms with Crippen molar-refractivity contribution in [2.75, 3.05) is 11.9 Å². The standard InChI is InChI=1S/C14H20N2O/c1-2-11-5-7-12(8-6-11)16-14(17)10-13-4-3-9-15-13/h5-8,13,15H,2-4,9-10H2,1H3,(H,16,17). The molecule has 2 N–H and O–H groups in total. The molecule has 1 unspecified atom stereocenters. The van der Waals surface area contributed by atoms with Crippen molar-refractivity contribution in [3.8, 4) is 0 Å². The molecule has 1 aliphatic rings. The number of rotatable bonds is 4. The molecule has 3 heteroatoms. The van der Waals surface area contributed by atoms with Crippen molar-refractivity contribution in [2.45, 2.75) is 38.6 Å². The zero-order chi connectivity index (χ0) is 12.1. The second-order valence-electron chi connectivity index (χ2n) is 4.60. The van der Waals surface area contributed by atoms with Crippen LogP contribution < -0.4 is 10.6 Å². The van der Waals surface area contributed by atoms with E-state index in [2.05, 4.69) is 29.7 Å². The monoisotopic (exact) mass is 232 g/mol. The molecule has 1 aliphatic heterocycles. The molecular weight excluding hydrogens is 212 g/mol. The van der Waals surface area contributed by atoms with Crippen molar-refractivity contribution in [3.05, 3.63) is 29.8 Å². The summed E-state index contributed by atoms with van der Waals surface area (Å²) < 4.78 is 0. The van der Waals surface area contributed by atoms with Crippen LogP contribution in [-0.2, 0) is 11.2 Å². The Morgan fingerprint density at radius 3 is 2.76 bits per heavy atom. The zero-order valence-corrected chi connectivity index (χ0v) is 10.3. The molecule has 92 valence electrons. The molecule has 0 bridgehead atoms. The van der Waals surface area contributed by atoms with Gasteiger partial charge >= 0.3 is 0 Å². The van der Waals surface area contributed by atoms with E-state index in [4.69, 9.17) is 0 Å². The fourth-order valence-corrected chi connectivity index (χ4v) is 2.19. The summed E-state index contributed by atoms with van der Waals surface area (Å²) in [4.78, 5) is 11.8. The number of nitrogens with one attached hydrogen (secondary N) is 2. The van der Waals surface area contributed by atoms with E-state index >= 15 is 0 Å². The van der Waals surface area contributed by atoms with Gasteiger partial charge in [0.25, 0.3) is 0 Å². The Labute approximate surface area is 103 Å². The van der Waals surface area contributed by atoms with E-state index in [9.17, 15) is 4.79 Å². The fourth-order valence-electron chi connectivity index (χ4n) is 2.19. The SMILES string of the molecule is CCc1ccc(NC(=O)CC2CCCN2)cc1. The number of aryl methyl sites for hydroxylation is 1. The first kappa shape index (κ1) is 12.1. The van der Waals surface area contributed by atoms with E-state index in [0.717, 1.165) is 25.1 Å². The minimum Gasteiger partial charge on any atom is -0.326 e. The maximum atomic E-state index is 11.8. The highest BCUT2D eigenvalue weighted by atomic mass is 16.1. The number of carbonyl (C=O) groups is 1. The second-order valence-corrected chi connectivity index (χ2v) is 4.60. The van der Waals surface area contributed by atoms with Gasteiger partial charge in [-0.2, -0.15) is 0 Å². The van der Waals surface area contributed by atoms with Gasteiger partial charge in [-0.15, -0.1) is 0 Å². The summed E-state index contributed by atoms with van der Waals surface area (Å²) in [6.45, 7) is 3.17. The Kier molecular flexibility index (Phi) is 4.15. The van der Waals surface area contributed by atoms with Crippen molar-refractivity contribution < 1.29 is 4.79 Å². The minimum atomic E-state index is 0.105. The summed E-state index contributed by atoms with van der Waals surface area (Å²) in [5.41, 5.74) is 2.19. The molecule has 1 saturated heterocycles. The van der Waals surface area contributed by atoms with Crippen LogP contribution in [0.4, 0.5) is 5.69 Å². The van der Waals surface area contributed by atoms with Gasteiger partial charge in [0, 0.05) is 18.2 Å². The first-order valence-corrected chi connectivity index (χ1v) is 6.40. The topological polar surface area (TPSA) is 41.1 Å². The van der Waals surface area contributed by atoms with Crippen LogP contribution >= 0.6 is 0 Å². The van der Waals surface area contributed by atoms with E-state index in [1.54, 1.807) is 0 Å². The van der Waals surface area contributed by atoms with E-state index in [0.29, 0.717) is 12.5 Å². The lowest BCUT2D eigenvalue weighted by Crippen LogP contribution is -2.27. The van der Waals surface area contributed by atoms with Crippen LogP contribution in [0.2, 0.25) is 0 Å². The summed E-state index contributed by atoms with van der Waals surface area (Å²) in [5.74, 6) is 0.105. The highest BCUT2D eigenvalue weighted by Gasteiger charge is 2.17. The van der Waals surface area contributed by atoms with E-state index in [1.165, 1.54) is 12.0 Å². The Hall–Kier alpha value is -1.35. The molecule has 0 saturated carbocycles. The third kappa shape index (κ3) is 3.56. The third-order valence-corrected chi connectivity index (χ3v) is 3.24. The van der Waals surface area contributed by atoms with Gasteiger partial charge in [0.15, 0.2) is 0 Å².